The van der Waals surface area contributed by atoms with Gasteiger partial charge < -0.3 is 5.32 Å². The number of nitrogens with zero attached hydrogens (tertiary/aromatic N) is 2. The predicted octanol–water partition coefficient (Wildman–Crippen LogP) is 4.90. The fourth-order valence-electron chi connectivity index (χ4n) is 3.94. The number of nitrogens with one attached hydrogen (secondary N) is 1. The number of benzene rings is 2. The topological polar surface area (TPSA) is 63.5 Å². The van der Waals surface area contributed by atoms with Crippen molar-refractivity contribution in [2.24, 2.45) is 4.99 Å². The van der Waals surface area contributed by atoms with Crippen molar-refractivity contribution in [1.82, 2.24) is 4.57 Å². The Hall–Kier alpha value is -3.26. The molecule has 170 valence electrons. The van der Waals surface area contributed by atoms with E-state index >= 15 is 0 Å². The summed E-state index contributed by atoms with van der Waals surface area (Å²) < 4.78 is 2.20. The molecule has 1 amide bonds. The Labute approximate surface area is 209 Å². The van der Waals surface area contributed by atoms with Gasteiger partial charge in [-0.2, -0.15) is 0 Å². The number of amides is 1. The average molecular weight is 506 g/mol. The van der Waals surface area contributed by atoms with Crippen LogP contribution in [0.3, 0.4) is 0 Å². The van der Waals surface area contributed by atoms with Crippen LogP contribution in [-0.4, -0.2) is 10.5 Å². The van der Waals surface area contributed by atoms with Gasteiger partial charge in [-0.15, -0.1) is 11.3 Å². The summed E-state index contributed by atoms with van der Waals surface area (Å²) in [6.45, 7) is 3.83. The number of halogens is 1. The Kier molecular flexibility index (Phi) is 6.08. The molecule has 34 heavy (non-hydrogen) atoms. The first-order chi connectivity index (χ1) is 16.4. The second kappa shape index (κ2) is 9.18. The number of anilines is 1. The number of aryl methyl sites for hydroxylation is 1. The molecule has 0 aliphatic carbocycles. The average Bonchev–Trinajstić information content (AvgIpc) is 3.36. The van der Waals surface area contributed by atoms with Gasteiger partial charge in [0.15, 0.2) is 4.80 Å². The SMILES string of the molecule is CC1=C(C(=O)Nc2ccccc2)[C@@H](c2ccc(Cl)cc2)n2c(s/c(=C\c3sccc3C)c2=O)=N1. The van der Waals surface area contributed by atoms with E-state index in [9.17, 15) is 9.59 Å². The van der Waals surface area contributed by atoms with Crippen LogP contribution in [0.1, 0.15) is 29.0 Å². The van der Waals surface area contributed by atoms with Crippen molar-refractivity contribution in [3.05, 3.63) is 118 Å². The quantitative estimate of drug-likeness (QED) is 0.429. The van der Waals surface area contributed by atoms with Gasteiger partial charge >= 0.3 is 0 Å². The van der Waals surface area contributed by atoms with Crippen molar-refractivity contribution in [1.29, 1.82) is 0 Å². The number of fused-ring (bicyclic) bond motifs is 1. The molecular formula is C26H20ClN3O2S2. The van der Waals surface area contributed by atoms with Crippen molar-refractivity contribution in [3.63, 3.8) is 0 Å². The van der Waals surface area contributed by atoms with Gasteiger partial charge in [-0.05, 0) is 66.8 Å². The molecule has 1 aliphatic rings. The van der Waals surface area contributed by atoms with Gasteiger partial charge in [-0.1, -0.05) is 53.3 Å². The molecule has 8 heteroatoms. The van der Waals surface area contributed by atoms with Crippen molar-refractivity contribution >= 4 is 51.9 Å². The van der Waals surface area contributed by atoms with E-state index in [4.69, 9.17) is 11.6 Å². The number of hydrogen-bond donors (Lipinski definition) is 1. The molecule has 0 spiro atoms. The van der Waals surface area contributed by atoms with Crippen LogP contribution in [0.5, 0.6) is 0 Å². The van der Waals surface area contributed by atoms with Gasteiger partial charge in [-0.25, -0.2) is 4.99 Å². The van der Waals surface area contributed by atoms with Gasteiger partial charge in [0.25, 0.3) is 11.5 Å². The lowest BCUT2D eigenvalue weighted by Gasteiger charge is -2.25. The normalized spacial score (nSPS) is 15.7. The Morgan fingerprint density at radius 3 is 2.50 bits per heavy atom. The number of rotatable bonds is 4. The molecule has 5 nitrogen and oxygen atoms in total. The van der Waals surface area contributed by atoms with Gasteiger partial charge in [0, 0.05) is 15.6 Å². The van der Waals surface area contributed by atoms with Gasteiger partial charge in [0.05, 0.1) is 21.8 Å². The zero-order chi connectivity index (χ0) is 23.8. The Morgan fingerprint density at radius 1 is 1.09 bits per heavy atom. The summed E-state index contributed by atoms with van der Waals surface area (Å²) in [6, 6.07) is 17.9. The molecule has 4 aromatic rings. The van der Waals surface area contributed by atoms with Crippen LogP contribution < -0.4 is 20.2 Å². The minimum absolute atomic E-state index is 0.172. The first kappa shape index (κ1) is 22.5. The summed E-state index contributed by atoms with van der Waals surface area (Å²) in [5.41, 5.74) is 3.41. The van der Waals surface area contributed by atoms with E-state index < -0.39 is 6.04 Å². The first-order valence-corrected chi connectivity index (χ1v) is 12.7. The van der Waals surface area contributed by atoms with E-state index in [0.717, 1.165) is 16.0 Å². The van der Waals surface area contributed by atoms with E-state index in [-0.39, 0.29) is 11.5 Å². The Morgan fingerprint density at radius 2 is 1.82 bits per heavy atom. The van der Waals surface area contributed by atoms with Crippen LogP contribution in [0.25, 0.3) is 6.08 Å². The number of carbonyl (C=O) groups is 1. The van der Waals surface area contributed by atoms with Crippen molar-refractivity contribution < 1.29 is 4.79 Å². The molecule has 3 heterocycles. The summed E-state index contributed by atoms with van der Waals surface area (Å²) in [5, 5.41) is 5.54. The number of para-hydroxylation sites is 1. The molecule has 2 aromatic heterocycles. The van der Waals surface area contributed by atoms with E-state index in [0.29, 0.717) is 31.3 Å². The van der Waals surface area contributed by atoms with Gasteiger partial charge in [0.1, 0.15) is 0 Å². The molecule has 0 bridgehead atoms. The highest BCUT2D eigenvalue weighted by Gasteiger charge is 2.32. The summed E-state index contributed by atoms with van der Waals surface area (Å²) in [5.74, 6) is -0.296. The maximum absolute atomic E-state index is 13.6. The second-order valence-electron chi connectivity index (χ2n) is 7.92. The van der Waals surface area contributed by atoms with E-state index in [1.165, 1.54) is 11.3 Å². The van der Waals surface area contributed by atoms with Crippen LogP contribution in [0, 0.1) is 6.92 Å². The highest BCUT2D eigenvalue weighted by atomic mass is 35.5. The molecule has 0 radical (unpaired) electrons. The molecular weight excluding hydrogens is 486 g/mol. The third kappa shape index (κ3) is 4.18. The second-order valence-corrected chi connectivity index (χ2v) is 10.3. The zero-order valence-electron chi connectivity index (χ0n) is 18.4. The summed E-state index contributed by atoms with van der Waals surface area (Å²) in [6.07, 6.45) is 1.91. The maximum Gasteiger partial charge on any atom is 0.271 e. The monoisotopic (exact) mass is 505 g/mol. The molecule has 1 aliphatic heterocycles. The largest absolute Gasteiger partial charge is 0.322 e. The molecule has 2 aromatic carbocycles. The zero-order valence-corrected chi connectivity index (χ0v) is 20.8. The number of aromatic nitrogens is 1. The van der Waals surface area contributed by atoms with Crippen LogP contribution in [0.2, 0.25) is 5.02 Å². The minimum Gasteiger partial charge on any atom is -0.322 e. The van der Waals surface area contributed by atoms with Crippen LogP contribution in [0.4, 0.5) is 5.69 Å². The highest BCUT2D eigenvalue weighted by Crippen LogP contribution is 2.31. The lowest BCUT2D eigenvalue weighted by molar-refractivity contribution is -0.113. The van der Waals surface area contributed by atoms with E-state index in [1.54, 1.807) is 28.0 Å². The molecule has 0 saturated heterocycles. The summed E-state index contributed by atoms with van der Waals surface area (Å²) in [7, 11) is 0. The lowest BCUT2D eigenvalue weighted by Crippen LogP contribution is -2.40. The summed E-state index contributed by atoms with van der Waals surface area (Å²) in [4.78, 5) is 33.4. The predicted molar refractivity (Wildman–Crippen MR) is 139 cm³/mol. The third-order valence-electron chi connectivity index (χ3n) is 5.65. The number of allylic oxidation sites excluding steroid dienone is 1. The standard InChI is InChI=1S/C26H20ClN3O2S2/c1-15-12-13-33-20(15)14-21-25(32)30-23(17-8-10-18(27)11-9-17)22(16(2)28-26(30)34-21)24(31)29-19-6-4-3-5-7-19/h3-14,23H,1-2H3,(H,29,31)/b21-14-/t23-/m1/s1. The number of hydrogen-bond acceptors (Lipinski definition) is 5. The fraction of sp³-hybridized carbons (Fsp3) is 0.115. The van der Waals surface area contributed by atoms with Gasteiger partial charge in [-0.3, -0.25) is 14.2 Å². The number of thiophene rings is 1. The van der Waals surface area contributed by atoms with Crippen molar-refractivity contribution in [2.75, 3.05) is 5.32 Å². The first-order valence-electron chi connectivity index (χ1n) is 10.6. The molecule has 1 atom stereocenters. The summed E-state index contributed by atoms with van der Waals surface area (Å²) >= 11 is 9.06. The molecule has 0 saturated carbocycles. The van der Waals surface area contributed by atoms with E-state index in [1.807, 2.05) is 73.8 Å². The number of thiazole rings is 1. The molecule has 5 rings (SSSR count). The Bertz CT molecular complexity index is 1600. The number of carbonyl (C=O) groups excluding carboxylic acids is 1. The fourth-order valence-corrected chi connectivity index (χ4v) is 6.03. The molecule has 0 fully saturated rings. The van der Waals surface area contributed by atoms with Crippen LogP contribution >= 0.6 is 34.3 Å². The maximum atomic E-state index is 13.6. The lowest BCUT2D eigenvalue weighted by atomic mass is 9.95. The van der Waals surface area contributed by atoms with Crippen LogP contribution in [-0.2, 0) is 4.79 Å². The molecule has 1 N–H and O–H groups in total. The van der Waals surface area contributed by atoms with Crippen LogP contribution in [0.15, 0.2) is 87.1 Å². The smallest absolute Gasteiger partial charge is 0.271 e. The van der Waals surface area contributed by atoms with Gasteiger partial charge in [0.2, 0.25) is 0 Å². The van der Waals surface area contributed by atoms with E-state index in [2.05, 4.69) is 10.3 Å². The molecule has 0 unspecified atom stereocenters. The van der Waals surface area contributed by atoms with Crippen molar-refractivity contribution in [3.8, 4) is 0 Å². The third-order valence-corrected chi connectivity index (χ3v) is 7.85. The highest BCUT2D eigenvalue weighted by molar-refractivity contribution is 7.11. The van der Waals surface area contributed by atoms with Crippen molar-refractivity contribution in [2.45, 2.75) is 19.9 Å². The minimum atomic E-state index is -0.621. The Balaban J connectivity index is 1.69.